The zero-order valence-electron chi connectivity index (χ0n) is 37.2. The van der Waals surface area contributed by atoms with Crippen LogP contribution >= 0.6 is 0 Å². The summed E-state index contributed by atoms with van der Waals surface area (Å²) in [5, 5.41) is 38.9. The summed E-state index contributed by atoms with van der Waals surface area (Å²) in [6, 6.07) is 33.4. The van der Waals surface area contributed by atoms with Crippen molar-refractivity contribution in [3.05, 3.63) is 159 Å². The Kier molecular flexibility index (Phi) is 12.5. The Morgan fingerprint density at radius 1 is 0.525 bits per heavy atom. The molecule has 0 amide bonds. The number of fused-ring (bicyclic) bond motifs is 2. The van der Waals surface area contributed by atoms with Gasteiger partial charge in [0.2, 0.25) is 10.0 Å². The van der Waals surface area contributed by atoms with Crippen molar-refractivity contribution in [1.82, 2.24) is 4.98 Å². The van der Waals surface area contributed by atoms with Crippen molar-refractivity contribution >= 4 is 48.9 Å². The molecule has 0 saturated heterocycles. The first-order valence-electron chi connectivity index (χ1n) is 20.6. The molecule has 0 aliphatic carbocycles. The number of hydrogen-bond acceptors (Lipinski definition) is 7. The Morgan fingerprint density at radius 3 is 1.46 bits per heavy atom. The molecule has 0 saturated carbocycles. The van der Waals surface area contributed by atoms with Crippen LogP contribution in [0.4, 0.5) is 17.1 Å². The lowest BCUT2D eigenvalue weighted by Gasteiger charge is -2.24. The molecule has 8 nitrogen and oxygen atoms in total. The molecular weight excluding hydrogens is 779 g/mol. The van der Waals surface area contributed by atoms with Crippen LogP contribution in [-0.2, 0) is 33.7 Å². The van der Waals surface area contributed by atoms with Gasteiger partial charge < -0.3 is 20.6 Å². The minimum Gasteiger partial charge on any atom is -0.507 e. The predicted molar refractivity (Wildman–Crippen MR) is 254 cm³/mol. The molecule has 318 valence electrons. The number of anilines is 3. The average molecular weight is 838 g/mol. The van der Waals surface area contributed by atoms with Gasteiger partial charge in [0.05, 0.1) is 23.0 Å². The van der Waals surface area contributed by atoms with Gasteiger partial charge in [-0.05, 0) is 114 Å². The fourth-order valence-electron chi connectivity index (χ4n) is 7.85. The van der Waals surface area contributed by atoms with E-state index in [-0.39, 0.29) is 16.6 Å². The standard InChI is InChI=1S/C31H40O3.C21H19N3O2S/c1-18-10-21(16-23-12-19(2)14-25(28(23)33)30(4,5)6)27(32)22(11-18)17-24-13-20(3)15-26(29(24)34)31(7,8)9;1-14-7-12-18-20(13-14)23-19-6-4-3-5-17(19)21(18)22-15-8-10-16(11-9-15)24-27(2,25)26/h10-15,32-34H,16-17H2,1-9H3;3-13,24H,1-2H3,(H,22,23). The van der Waals surface area contributed by atoms with Gasteiger partial charge in [-0.2, -0.15) is 0 Å². The summed E-state index contributed by atoms with van der Waals surface area (Å²) in [6.45, 7) is 20.7. The molecule has 0 atom stereocenters. The van der Waals surface area contributed by atoms with Crippen LogP contribution in [0.15, 0.2) is 103 Å². The fraction of sp³-hybridized carbons (Fsp3) is 0.288. The molecule has 0 fully saturated rings. The minimum absolute atomic E-state index is 0.182. The number of aromatic nitrogens is 1. The summed E-state index contributed by atoms with van der Waals surface area (Å²) in [5.74, 6) is 0.820. The number of aryl methyl sites for hydroxylation is 4. The maximum Gasteiger partial charge on any atom is 0.229 e. The van der Waals surface area contributed by atoms with Crippen LogP contribution in [0.25, 0.3) is 21.8 Å². The molecule has 0 aliphatic rings. The molecule has 61 heavy (non-hydrogen) atoms. The Labute approximate surface area is 361 Å². The van der Waals surface area contributed by atoms with Crippen molar-refractivity contribution in [2.24, 2.45) is 0 Å². The van der Waals surface area contributed by atoms with Crippen LogP contribution in [0.1, 0.15) is 97.2 Å². The van der Waals surface area contributed by atoms with Gasteiger partial charge in [0.25, 0.3) is 0 Å². The summed E-state index contributed by atoms with van der Waals surface area (Å²) < 4.78 is 25.2. The van der Waals surface area contributed by atoms with E-state index in [9.17, 15) is 23.7 Å². The number of rotatable bonds is 8. The monoisotopic (exact) mass is 837 g/mol. The first kappa shape index (κ1) is 44.5. The zero-order valence-corrected chi connectivity index (χ0v) is 38.1. The molecular formula is C52H59N3O5S. The smallest absolute Gasteiger partial charge is 0.229 e. The Balaban J connectivity index is 0.000000209. The number of para-hydroxylation sites is 1. The zero-order chi connectivity index (χ0) is 44.6. The normalized spacial score (nSPS) is 12.0. The number of pyridine rings is 1. The van der Waals surface area contributed by atoms with E-state index in [4.69, 9.17) is 4.98 Å². The van der Waals surface area contributed by atoms with E-state index >= 15 is 0 Å². The van der Waals surface area contributed by atoms with E-state index in [0.717, 1.165) is 95.1 Å². The Bertz CT molecular complexity index is 2780. The summed E-state index contributed by atoms with van der Waals surface area (Å²) in [5.41, 5.74) is 13.2. The summed E-state index contributed by atoms with van der Waals surface area (Å²) in [6.07, 6.45) is 2.00. The molecule has 7 aromatic rings. The van der Waals surface area contributed by atoms with Gasteiger partial charge in [-0.25, -0.2) is 13.4 Å². The van der Waals surface area contributed by atoms with E-state index in [2.05, 4.69) is 76.7 Å². The molecule has 7 rings (SSSR count). The highest BCUT2D eigenvalue weighted by Gasteiger charge is 2.24. The summed E-state index contributed by atoms with van der Waals surface area (Å²) in [4.78, 5) is 4.78. The highest BCUT2D eigenvalue weighted by molar-refractivity contribution is 7.92. The third-order valence-corrected chi connectivity index (χ3v) is 11.4. The van der Waals surface area contributed by atoms with Crippen LogP contribution in [0, 0.1) is 27.7 Å². The second-order valence-electron chi connectivity index (χ2n) is 18.5. The number of nitrogens with zero attached hydrogens (tertiary/aromatic N) is 1. The second kappa shape index (κ2) is 17.1. The quantitative estimate of drug-likeness (QED) is 0.0963. The van der Waals surface area contributed by atoms with E-state index in [1.165, 1.54) is 0 Å². The number of benzene rings is 6. The van der Waals surface area contributed by atoms with Crippen LogP contribution in [-0.4, -0.2) is 35.0 Å². The van der Waals surface area contributed by atoms with E-state index in [1.54, 1.807) is 12.1 Å². The van der Waals surface area contributed by atoms with E-state index in [0.29, 0.717) is 30.0 Å². The largest absolute Gasteiger partial charge is 0.507 e. The van der Waals surface area contributed by atoms with Crippen LogP contribution < -0.4 is 10.0 Å². The number of aromatic hydroxyl groups is 3. The van der Waals surface area contributed by atoms with Crippen molar-refractivity contribution in [1.29, 1.82) is 0 Å². The Morgan fingerprint density at radius 2 is 0.967 bits per heavy atom. The molecule has 5 N–H and O–H groups in total. The predicted octanol–water partition coefficient (Wildman–Crippen LogP) is 12.3. The maximum atomic E-state index is 11.4. The molecule has 0 aliphatic heterocycles. The fourth-order valence-corrected chi connectivity index (χ4v) is 8.42. The third-order valence-electron chi connectivity index (χ3n) is 10.8. The maximum absolute atomic E-state index is 11.4. The molecule has 0 radical (unpaired) electrons. The van der Waals surface area contributed by atoms with Crippen molar-refractivity contribution < 1.29 is 23.7 Å². The van der Waals surface area contributed by atoms with Gasteiger partial charge in [0, 0.05) is 35.0 Å². The minimum atomic E-state index is -3.29. The van der Waals surface area contributed by atoms with Gasteiger partial charge in [-0.15, -0.1) is 0 Å². The topological polar surface area (TPSA) is 132 Å². The van der Waals surface area contributed by atoms with Gasteiger partial charge in [-0.3, -0.25) is 4.72 Å². The average Bonchev–Trinajstić information content (AvgIpc) is 3.15. The van der Waals surface area contributed by atoms with E-state index in [1.807, 2.05) is 93.6 Å². The van der Waals surface area contributed by atoms with Crippen LogP contribution in [0.2, 0.25) is 0 Å². The lowest BCUT2D eigenvalue weighted by Crippen LogP contribution is -2.13. The van der Waals surface area contributed by atoms with Gasteiger partial charge in [0.1, 0.15) is 17.2 Å². The van der Waals surface area contributed by atoms with Crippen molar-refractivity contribution in [3.63, 3.8) is 0 Å². The van der Waals surface area contributed by atoms with E-state index < -0.39 is 10.0 Å². The number of sulfonamides is 1. The lowest BCUT2D eigenvalue weighted by molar-refractivity contribution is 0.438. The molecule has 0 spiro atoms. The molecule has 1 heterocycles. The molecule has 0 unspecified atom stereocenters. The molecule has 6 aromatic carbocycles. The highest BCUT2D eigenvalue weighted by atomic mass is 32.2. The number of phenolic OH excluding ortho intramolecular Hbond substituents is 3. The van der Waals surface area contributed by atoms with Gasteiger partial charge >= 0.3 is 0 Å². The summed E-state index contributed by atoms with van der Waals surface area (Å²) >= 11 is 0. The first-order valence-corrected chi connectivity index (χ1v) is 22.5. The molecule has 0 bridgehead atoms. The van der Waals surface area contributed by atoms with Crippen molar-refractivity contribution in [2.45, 2.75) is 92.9 Å². The summed E-state index contributed by atoms with van der Waals surface area (Å²) in [7, 11) is -3.29. The first-order chi connectivity index (χ1) is 28.5. The number of hydrogen-bond donors (Lipinski definition) is 5. The number of nitrogens with one attached hydrogen (secondary N) is 2. The third kappa shape index (κ3) is 10.6. The molecule has 9 heteroatoms. The molecule has 1 aromatic heterocycles. The van der Waals surface area contributed by atoms with Crippen LogP contribution in [0.5, 0.6) is 17.2 Å². The van der Waals surface area contributed by atoms with Crippen LogP contribution in [0.3, 0.4) is 0 Å². The van der Waals surface area contributed by atoms with Crippen molar-refractivity contribution in [3.8, 4) is 17.2 Å². The van der Waals surface area contributed by atoms with Gasteiger partial charge in [0.15, 0.2) is 0 Å². The highest BCUT2D eigenvalue weighted by Crippen LogP contribution is 2.40. The van der Waals surface area contributed by atoms with Crippen molar-refractivity contribution in [2.75, 3.05) is 16.3 Å². The lowest BCUT2D eigenvalue weighted by atomic mass is 9.82. The number of phenols is 3. The Hall–Kier alpha value is -6.06. The SMILES string of the molecule is Cc1cc(Cc2cc(C)cc(C(C)(C)C)c2O)c(O)c(Cc2cc(C)cc(C(C)(C)C)c2O)c1.Cc1ccc2c(Nc3ccc(NS(C)(=O)=O)cc3)c3ccccc3nc2c1. The van der Waals surface area contributed by atoms with Gasteiger partial charge in [-0.1, -0.05) is 125 Å². The second-order valence-corrected chi connectivity index (χ2v) is 20.3.